The highest BCUT2D eigenvalue weighted by Gasteiger charge is 2.38. The lowest BCUT2D eigenvalue weighted by atomic mass is 10.0. The lowest BCUT2D eigenvalue weighted by Crippen LogP contribution is -2.59. The van der Waals surface area contributed by atoms with Gasteiger partial charge < -0.3 is 35.5 Å². The number of aryl methyl sites for hydroxylation is 1. The third kappa shape index (κ3) is 7.37. The summed E-state index contributed by atoms with van der Waals surface area (Å²) < 4.78 is 6.09. The van der Waals surface area contributed by atoms with Crippen LogP contribution in [0.15, 0.2) is 59.4 Å². The SMILES string of the molecule is Cc1ccc2[nH]c(=O)cc(C(=O)N3C[C@@H]4CNC(=O)[C@@H](C)NC(=O)CN(C)C(=O)[C@@H](Cc5ccccc5)NC(=O)[C@@H](C3)O4)c2c1. The molecule has 236 valence electrons. The van der Waals surface area contributed by atoms with Gasteiger partial charge in [0.15, 0.2) is 6.10 Å². The van der Waals surface area contributed by atoms with E-state index in [9.17, 15) is 28.8 Å². The maximum absolute atomic E-state index is 14.0. The van der Waals surface area contributed by atoms with Crippen LogP contribution in [-0.4, -0.2) is 102 Å². The van der Waals surface area contributed by atoms with Crippen molar-refractivity contribution in [1.82, 2.24) is 30.7 Å². The number of H-pyrrole nitrogens is 1. The van der Waals surface area contributed by atoms with E-state index in [0.29, 0.717) is 10.9 Å². The molecule has 1 aromatic heterocycles. The van der Waals surface area contributed by atoms with Gasteiger partial charge in [-0.05, 0) is 31.5 Å². The number of fused-ring (bicyclic) bond motifs is 3. The van der Waals surface area contributed by atoms with Crippen LogP contribution in [0.5, 0.6) is 0 Å². The van der Waals surface area contributed by atoms with Gasteiger partial charge in [-0.1, -0.05) is 42.0 Å². The standard InChI is InChI=1S/C32H36N6O7/c1-18-9-10-24-22(11-18)23(13-27(39)35-24)31(43)38-15-21-14-33-29(41)19(2)34-28(40)17-37(3)32(44)25(12-20-7-5-4-6-8-20)36-30(42)26(16-38)45-21/h4-11,13,19,21,25-26H,12,14-17H2,1-3H3,(H,33,41)(H,34,40)(H,35,39)(H,36,42)/t19-,21+,25-,26-/m1/s1. The van der Waals surface area contributed by atoms with Crippen LogP contribution in [0.25, 0.3) is 10.9 Å². The van der Waals surface area contributed by atoms with Crippen LogP contribution >= 0.6 is 0 Å². The molecular formula is C32H36N6O7. The summed E-state index contributed by atoms with van der Waals surface area (Å²) in [6.07, 6.45) is -1.86. The molecule has 0 aliphatic carbocycles. The van der Waals surface area contributed by atoms with Crippen molar-refractivity contribution in [1.29, 1.82) is 0 Å². The molecule has 5 rings (SSSR count). The first kappa shape index (κ1) is 31.4. The minimum atomic E-state index is -1.20. The second-order valence-corrected chi connectivity index (χ2v) is 11.5. The average Bonchev–Trinajstić information content (AvgIpc) is 3.02. The second-order valence-electron chi connectivity index (χ2n) is 11.5. The van der Waals surface area contributed by atoms with Crippen molar-refractivity contribution >= 4 is 40.4 Å². The molecule has 2 bridgehead atoms. The summed E-state index contributed by atoms with van der Waals surface area (Å²) in [4.78, 5) is 84.6. The van der Waals surface area contributed by atoms with Gasteiger partial charge in [0.25, 0.3) is 11.8 Å². The molecule has 0 radical (unpaired) electrons. The highest BCUT2D eigenvalue weighted by atomic mass is 16.5. The molecule has 13 nitrogen and oxygen atoms in total. The number of hydrogen-bond donors (Lipinski definition) is 4. The Kier molecular flexibility index (Phi) is 9.28. The lowest BCUT2D eigenvalue weighted by molar-refractivity contribution is -0.148. The number of pyridine rings is 1. The number of nitrogens with zero attached hydrogens (tertiary/aromatic N) is 2. The molecule has 2 aliphatic rings. The van der Waals surface area contributed by atoms with Gasteiger partial charge in [0.2, 0.25) is 23.3 Å². The van der Waals surface area contributed by atoms with Crippen molar-refractivity contribution in [3.05, 3.63) is 81.6 Å². The van der Waals surface area contributed by atoms with Crippen LogP contribution in [0.2, 0.25) is 0 Å². The van der Waals surface area contributed by atoms with E-state index in [0.717, 1.165) is 11.1 Å². The van der Waals surface area contributed by atoms with E-state index in [4.69, 9.17) is 4.74 Å². The number of likely N-dealkylation sites (N-methyl/N-ethyl adjacent to an activating group) is 1. The topological polar surface area (TPSA) is 170 Å². The third-order valence-electron chi connectivity index (χ3n) is 7.90. The number of carbonyl (C=O) groups is 5. The summed E-state index contributed by atoms with van der Waals surface area (Å²) in [5.74, 6) is -2.67. The monoisotopic (exact) mass is 616 g/mol. The van der Waals surface area contributed by atoms with E-state index in [1.165, 1.54) is 29.8 Å². The highest BCUT2D eigenvalue weighted by molar-refractivity contribution is 6.06. The molecule has 4 N–H and O–H groups in total. The number of nitrogens with one attached hydrogen (secondary N) is 4. The zero-order chi connectivity index (χ0) is 32.2. The molecule has 2 fully saturated rings. The normalized spacial score (nSPS) is 23.4. The zero-order valence-corrected chi connectivity index (χ0v) is 25.3. The van der Waals surface area contributed by atoms with E-state index in [2.05, 4.69) is 20.9 Å². The van der Waals surface area contributed by atoms with Gasteiger partial charge in [0.05, 0.1) is 24.8 Å². The lowest BCUT2D eigenvalue weighted by Gasteiger charge is -2.38. The fraction of sp³-hybridized carbons (Fsp3) is 0.375. The molecule has 45 heavy (non-hydrogen) atoms. The summed E-state index contributed by atoms with van der Waals surface area (Å²) >= 11 is 0. The predicted molar refractivity (Wildman–Crippen MR) is 164 cm³/mol. The minimum Gasteiger partial charge on any atom is -0.360 e. The van der Waals surface area contributed by atoms with Crippen LogP contribution in [0.1, 0.15) is 28.4 Å². The number of carbonyl (C=O) groups excluding carboxylic acids is 5. The number of rotatable bonds is 3. The van der Waals surface area contributed by atoms with Gasteiger partial charge in [-0.2, -0.15) is 0 Å². The molecule has 2 saturated heterocycles. The Morgan fingerprint density at radius 2 is 1.71 bits per heavy atom. The van der Waals surface area contributed by atoms with Crippen molar-refractivity contribution in [3.63, 3.8) is 0 Å². The number of aromatic nitrogens is 1. The van der Waals surface area contributed by atoms with Gasteiger partial charge in [-0.3, -0.25) is 28.8 Å². The van der Waals surface area contributed by atoms with E-state index in [1.807, 2.05) is 43.3 Å². The number of morpholine rings is 1. The Morgan fingerprint density at radius 1 is 0.956 bits per heavy atom. The van der Waals surface area contributed by atoms with Gasteiger partial charge in [-0.25, -0.2) is 0 Å². The quantitative estimate of drug-likeness (QED) is 0.318. The van der Waals surface area contributed by atoms with E-state index in [1.54, 1.807) is 12.1 Å². The Morgan fingerprint density at radius 3 is 2.47 bits per heavy atom. The van der Waals surface area contributed by atoms with E-state index < -0.39 is 59.4 Å². The number of ether oxygens (including phenoxy) is 1. The summed E-state index contributed by atoms with van der Waals surface area (Å²) in [5.41, 5.74) is 1.89. The molecule has 4 atom stereocenters. The zero-order valence-electron chi connectivity index (χ0n) is 25.3. The summed E-state index contributed by atoms with van der Waals surface area (Å²) in [7, 11) is 1.44. The molecule has 2 aliphatic heterocycles. The minimum absolute atomic E-state index is 0.0128. The second kappa shape index (κ2) is 13.3. The van der Waals surface area contributed by atoms with Crippen LogP contribution in [-0.2, 0) is 30.3 Å². The molecule has 0 spiro atoms. The highest BCUT2D eigenvalue weighted by Crippen LogP contribution is 2.21. The number of hydrogen-bond acceptors (Lipinski definition) is 7. The molecule has 3 heterocycles. The third-order valence-corrected chi connectivity index (χ3v) is 7.90. The molecule has 0 saturated carbocycles. The Hall–Kier alpha value is -5.04. The Bertz CT molecular complexity index is 1690. The molecule has 5 amide bonds. The summed E-state index contributed by atoms with van der Waals surface area (Å²) in [6, 6.07) is 13.7. The number of amides is 5. The van der Waals surface area contributed by atoms with E-state index in [-0.39, 0.29) is 38.2 Å². The van der Waals surface area contributed by atoms with Crippen LogP contribution in [0.3, 0.4) is 0 Å². The smallest absolute Gasteiger partial charge is 0.254 e. The first-order valence-electron chi connectivity index (χ1n) is 14.7. The first-order valence-corrected chi connectivity index (χ1v) is 14.7. The predicted octanol–water partition coefficient (Wildman–Crippen LogP) is -0.133. The number of benzene rings is 2. The van der Waals surface area contributed by atoms with Crippen molar-refractivity contribution in [3.8, 4) is 0 Å². The fourth-order valence-corrected chi connectivity index (χ4v) is 5.57. The molecule has 0 unspecified atom stereocenters. The van der Waals surface area contributed by atoms with E-state index >= 15 is 0 Å². The van der Waals surface area contributed by atoms with Crippen LogP contribution in [0.4, 0.5) is 0 Å². The van der Waals surface area contributed by atoms with Crippen molar-refractivity contribution in [2.45, 2.75) is 44.6 Å². The van der Waals surface area contributed by atoms with Crippen LogP contribution in [0, 0.1) is 6.92 Å². The molecule has 2 aromatic carbocycles. The fourth-order valence-electron chi connectivity index (χ4n) is 5.57. The van der Waals surface area contributed by atoms with Gasteiger partial charge in [0.1, 0.15) is 12.1 Å². The van der Waals surface area contributed by atoms with Gasteiger partial charge >= 0.3 is 0 Å². The maximum atomic E-state index is 14.0. The average molecular weight is 617 g/mol. The number of aromatic amines is 1. The van der Waals surface area contributed by atoms with Crippen molar-refractivity contribution in [2.24, 2.45) is 0 Å². The van der Waals surface area contributed by atoms with Crippen molar-refractivity contribution < 1.29 is 28.7 Å². The molecular weight excluding hydrogens is 580 g/mol. The summed E-state index contributed by atoms with van der Waals surface area (Å²) in [5, 5.41) is 8.63. The van der Waals surface area contributed by atoms with Crippen molar-refractivity contribution in [2.75, 3.05) is 33.2 Å². The Balaban J connectivity index is 1.48. The largest absolute Gasteiger partial charge is 0.360 e. The van der Waals surface area contributed by atoms with Gasteiger partial charge in [-0.15, -0.1) is 0 Å². The van der Waals surface area contributed by atoms with Crippen LogP contribution < -0.4 is 21.5 Å². The molecule has 3 aromatic rings. The molecule has 13 heteroatoms. The van der Waals surface area contributed by atoms with Gasteiger partial charge in [0, 0.05) is 43.5 Å². The first-order chi connectivity index (χ1) is 21.5. The maximum Gasteiger partial charge on any atom is 0.254 e. The summed E-state index contributed by atoms with van der Waals surface area (Å²) in [6.45, 7) is 2.85. The Labute approximate surface area is 259 Å².